The molecule has 1 N–H and O–H groups in total. The number of hydrogen-bond donors (Lipinski definition) is 1. The second-order valence-electron chi connectivity index (χ2n) is 8.79. The highest BCUT2D eigenvalue weighted by atomic mass is 35.5. The second kappa shape index (κ2) is 11.5. The molecule has 4 nitrogen and oxygen atoms in total. The van der Waals surface area contributed by atoms with Crippen LogP contribution in [-0.4, -0.2) is 55.0 Å². The molecule has 6 heteroatoms. The van der Waals surface area contributed by atoms with E-state index in [1.165, 1.54) is 49.9 Å². The number of nitrogens with one attached hydrogen (secondary N) is 1. The third-order valence-corrected chi connectivity index (χ3v) is 6.96. The normalized spacial score (nSPS) is 26.9. The largest absolute Gasteiger partial charge is 0.335 e. The van der Waals surface area contributed by atoms with Crippen molar-refractivity contribution in [3.05, 3.63) is 35.4 Å². The molecule has 0 aromatic heterocycles. The van der Waals surface area contributed by atoms with Gasteiger partial charge in [0.2, 0.25) is 5.91 Å². The van der Waals surface area contributed by atoms with Gasteiger partial charge in [0.05, 0.1) is 6.04 Å². The molecule has 3 aliphatic heterocycles. The molecule has 164 valence electrons. The van der Waals surface area contributed by atoms with E-state index in [9.17, 15) is 4.79 Å². The minimum absolute atomic E-state index is 0. The Labute approximate surface area is 188 Å². The fourth-order valence-corrected chi connectivity index (χ4v) is 5.45. The number of benzene rings is 1. The molecular formula is C23H37Cl2N3O. The van der Waals surface area contributed by atoms with E-state index in [2.05, 4.69) is 46.3 Å². The first-order valence-corrected chi connectivity index (χ1v) is 11.0. The van der Waals surface area contributed by atoms with Gasteiger partial charge in [-0.05, 0) is 62.9 Å². The van der Waals surface area contributed by atoms with Gasteiger partial charge in [0.25, 0.3) is 0 Å². The lowest BCUT2D eigenvalue weighted by Gasteiger charge is -2.30. The van der Waals surface area contributed by atoms with Crippen LogP contribution in [0.4, 0.5) is 0 Å². The molecular weight excluding hydrogens is 405 g/mol. The van der Waals surface area contributed by atoms with Crippen molar-refractivity contribution in [1.29, 1.82) is 0 Å². The topological polar surface area (TPSA) is 35.6 Å². The Morgan fingerprint density at radius 3 is 2.52 bits per heavy atom. The van der Waals surface area contributed by atoms with Gasteiger partial charge in [0, 0.05) is 32.0 Å². The van der Waals surface area contributed by atoms with Crippen LogP contribution in [0.1, 0.15) is 55.7 Å². The predicted molar refractivity (Wildman–Crippen MR) is 124 cm³/mol. The van der Waals surface area contributed by atoms with Crippen molar-refractivity contribution in [3.8, 4) is 0 Å². The number of carbonyl (C=O) groups excluding carboxylic acids is 1. The standard InChI is InChI=1S/C23H35N3O.2ClH/c1-18-9-4-5-10-20(18)23-21-16-24-15-19(21)17-26(23)22(27)11-8-14-25-12-6-2-3-7-13-25;;/h4-5,9-10,19,21,23-24H,2-3,6-8,11-17H2,1H3;2*1H/t19-,21-,23+;;/m0../s1. The highest BCUT2D eigenvalue weighted by Crippen LogP contribution is 2.43. The fourth-order valence-electron chi connectivity index (χ4n) is 5.45. The van der Waals surface area contributed by atoms with Crippen LogP contribution in [0, 0.1) is 18.8 Å². The van der Waals surface area contributed by atoms with E-state index in [0.29, 0.717) is 24.2 Å². The number of fused-ring (bicyclic) bond motifs is 1. The van der Waals surface area contributed by atoms with Crippen molar-refractivity contribution in [1.82, 2.24) is 15.1 Å². The highest BCUT2D eigenvalue weighted by Gasteiger charge is 2.46. The van der Waals surface area contributed by atoms with Crippen LogP contribution in [0.5, 0.6) is 0 Å². The van der Waals surface area contributed by atoms with Gasteiger partial charge in [0.15, 0.2) is 0 Å². The van der Waals surface area contributed by atoms with Crippen molar-refractivity contribution >= 4 is 30.7 Å². The summed E-state index contributed by atoms with van der Waals surface area (Å²) in [5, 5.41) is 3.55. The Morgan fingerprint density at radius 2 is 1.79 bits per heavy atom. The van der Waals surface area contributed by atoms with Crippen molar-refractivity contribution in [3.63, 3.8) is 0 Å². The van der Waals surface area contributed by atoms with E-state index in [4.69, 9.17) is 0 Å². The van der Waals surface area contributed by atoms with Gasteiger partial charge in [-0.2, -0.15) is 0 Å². The molecule has 3 aliphatic rings. The quantitative estimate of drug-likeness (QED) is 0.742. The SMILES string of the molecule is Cc1ccccc1[C@@H]1[C@H]2CNC[C@H]2CN1C(=O)CCCN1CCCCCC1.Cl.Cl. The van der Waals surface area contributed by atoms with E-state index in [1.807, 2.05) is 0 Å². The Hall–Kier alpha value is -0.810. The molecule has 0 saturated carbocycles. The van der Waals surface area contributed by atoms with Crippen molar-refractivity contribution in [2.45, 2.75) is 51.5 Å². The van der Waals surface area contributed by atoms with Gasteiger partial charge in [0.1, 0.15) is 0 Å². The lowest BCUT2D eigenvalue weighted by molar-refractivity contribution is -0.132. The summed E-state index contributed by atoms with van der Waals surface area (Å²) in [7, 11) is 0. The number of likely N-dealkylation sites (tertiary alicyclic amines) is 2. The number of aryl methyl sites for hydroxylation is 1. The van der Waals surface area contributed by atoms with E-state index in [1.54, 1.807) is 0 Å². The first-order chi connectivity index (χ1) is 13.2. The molecule has 0 aliphatic carbocycles. The maximum Gasteiger partial charge on any atom is 0.223 e. The summed E-state index contributed by atoms with van der Waals surface area (Å²) < 4.78 is 0. The van der Waals surface area contributed by atoms with E-state index >= 15 is 0 Å². The number of amides is 1. The fraction of sp³-hybridized carbons (Fsp3) is 0.696. The maximum atomic E-state index is 13.2. The van der Waals surface area contributed by atoms with E-state index in [-0.39, 0.29) is 30.9 Å². The first kappa shape index (κ1) is 24.5. The Morgan fingerprint density at radius 1 is 1.07 bits per heavy atom. The number of carbonyl (C=O) groups is 1. The smallest absolute Gasteiger partial charge is 0.223 e. The minimum Gasteiger partial charge on any atom is -0.335 e. The Bertz CT molecular complexity index is 649. The zero-order valence-electron chi connectivity index (χ0n) is 17.6. The molecule has 1 amide bonds. The predicted octanol–water partition coefficient (Wildman–Crippen LogP) is 4.21. The molecule has 3 atom stereocenters. The van der Waals surface area contributed by atoms with Crippen molar-refractivity contribution in [2.24, 2.45) is 11.8 Å². The summed E-state index contributed by atoms with van der Waals surface area (Å²) in [4.78, 5) is 18.0. The van der Waals surface area contributed by atoms with Crippen molar-refractivity contribution in [2.75, 3.05) is 39.3 Å². The lowest BCUT2D eigenvalue weighted by atomic mass is 9.87. The summed E-state index contributed by atoms with van der Waals surface area (Å²) in [5.74, 6) is 1.55. The summed E-state index contributed by atoms with van der Waals surface area (Å²) >= 11 is 0. The first-order valence-electron chi connectivity index (χ1n) is 11.0. The molecule has 0 bridgehead atoms. The number of hydrogen-bond acceptors (Lipinski definition) is 3. The van der Waals surface area contributed by atoms with E-state index in [0.717, 1.165) is 32.6 Å². The minimum atomic E-state index is 0. The van der Waals surface area contributed by atoms with Crippen LogP contribution in [-0.2, 0) is 4.79 Å². The zero-order valence-corrected chi connectivity index (χ0v) is 19.3. The molecule has 3 fully saturated rings. The van der Waals surface area contributed by atoms with Crippen LogP contribution in [0.15, 0.2) is 24.3 Å². The molecule has 0 radical (unpaired) electrons. The van der Waals surface area contributed by atoms with Gasteiger partial charge in [-0.25, -0.2) is 0 Å². The molecule has 1 aromatic carbocycles. The van der Waals surface area contributed by atoms with Gasteiger partial charge in [-0.3, -0.25) is 4.79 Å². The molecule has 4 rings (SSSR count). The third kappa shape index (κ3) is 5.66. The van der Waals surface area contributed by atoms with Crippen LogP contribution in [0.3, 0.4) is 0 Å². The lowest BCUT2D eigenvalue weighted by Crippen LogP contribution is -2.35. The van der Waals surface area contributed by atoms with Gasteiger partial charge < -0.3 is 15.1 Å². The monoisotopic (exact) mass is 441 g/mol. The molecule has 0 unspecified atom stereocenters. The molecule has 1 aromatic rings. The molecule has 0 spiro atoms. The Kier molecular flexibility index (Phi) is 9.74. The number of halogens is 2. The number of rotatable bonds is 5. The van der Waals surface area contributed by atoms with Crippen LogP contribution in [0.2, 0.25) is 0 Å². The van der Waals surface area contributed by atoms with Crippen LogP contribution < -0.4 is 5.32 Å². The average molecular weight is 442 g/mol. The number of nitrogens with zero attached hydrogens (tertiary/aromatic N) is 2. The van der Waals surface area contributed by atoms with Crippen LogP contribution >= 0.6 is 24.8 Å². The summed E-state index contributed by atoms with van der Waals surface area (Å²) in [6.07, 6.45) is 7.10. The second-order valence-corrected chi connectivity index (χ2v) is 8.79. The Balaban J connectivity index is 0.00000150. The summed E-state index contributed by atoms with van der Waals surface area (Å²) in [6, 6.07) is 8.91. The van der Waals surface area contributed by atoms with Gasteiger partial charge >= 0.3 is 0 Å². The van der Waals surface area contributed by atoms with Crippen LogP contribution in [0.25, 0.3) is 0 Å². The molecule has 3 saturated heterocycles. The van der Waals surface area contributed by atoms with Crippen molar-refractivity contribution < 1.29 is 4.79 Å². The maximum absolute atomic E-state index is 13.2. The average Bonchev–Trinajstić information content (AvgIpc) is 3.16. The highest BCUT2D eigenvalue weighted by molar-refractivity contribution is 5.85. The van der Waals surface area contributed by atoms with Gasteiger partial charge in [-0.1, -0.05) is 37.1 Å². The summed E-state index contributed by atoms with van der Waals surface area (Å²) in [6.45, 7) is 8.75. The molecule has 29 heavy (non-hydrogen) atoms. The van der Waals surface area contributed by atoms with Gasteiger partial charge in [-0.15, -0.1) is 24.8 Å². The molecule has 3 heterocycles. The summed E-state index contributed by atoms with van der Waals surface area (Å²) in [5.41, 5.74) is 2.67. The third-order valence-electron chi connectivity index (χ3n) is 6.96. The zero-order chi connectivity index (χ0) is 18.6. The van der Waals surface area contributed by atoms with E-state index < -0.39 is 0 Å².